The van der Waals surface area contributed by atoms with Crippen molar-refractivity contribution in [2.24, 2.45) is 5.92 Å². The minimum atomic E-state index is 0.0211. The maximum atomic E-state index is 8.95. The van der Waals surface area contributed by atoms with Crippen molar-refractivity contribution >= 4 is 0 Å². The first kappa shape index (κ1) is 12.6. The van der Waals surface area contributed by atoms with E-state index in [9.17, 15) is 0 Å². The van der Waals surface area contributed by atoms with Crippen LogP contribution in [0.4, 0.5) is 0 Å². The highest BCUT2D eigenvalue weighted by atomic mass is 16.6. The quantitative estimate of drug-likeness (QED) is 0.768. The van der Waals surface area contributed by atoms with E-state index in [1.165, 1.54) is 5.56 Å². The van der Waals surface area contributed by atoms with Crippen LogP contribution >= 0.6 is 0 Å². The number of ether oxygens (including phenoxy) is 2. The Morgan fingerprint density at radius 2 is 2.00 bits per heavy atom. The van der Waals surface area contributed by atoms with Crippen molar-refractivity contribution in [1.29, 1.82) is 0 Å². The fourth-order valence-electron chi connectivity index (χ4n) is 1.99. The molecule has 4 unspecified atom stereocenters. The average molecular weight is 236 g/mol. The van der Waals surface area contributed by atoms with Crippen molar-refractivity contribution in [3.05, 3.63) is 35.9 Å². The molecule has 0 amide bonds. The second kappa shape index (κ2) is 5.63. The lowest BCUT2D eigenvalue weighted by atomic mass is 10.00. The topological polar surface area (TPSA) is 42.0 Å². The van der Waals surface area contributed by atoms with Gasteiger partial charge in [0.2, 0.25) is 0 Å². The van der Waals surface area contributed by atoms with Gasteiger partial charge in [0.15, 0.2) is 0 Å². The van der Waals surface area contributed by atoms with Crippen molar-refractivity contribution < 1.29 is 14.6 Å². The third kappa shape index (κ3) is 3.28. The highest BCUT2D eigenvalue weighted by Crippen LogP contribution is 2.32. The predicted molar refractivity (Wildman–Crippen MR) is 65.6 cm³/mol. The molecular formula is C14H20O3. The van der Waals surface area contributed by atoms with Crippen LogP contribution < -0.4 is 0 Å². The summed E-state index contributed by atoms with van der Waals surface area (Å²) in [6, 6.07) is 10.1. The van der Waals surface area contributed by atoms with E-state index in [2.05, 4.69) is 26.0 Å². The van der Waals surface area contributed by atoms with E-state index in [4.69, 9.17) is 14.6 Å². The lowest BCUT2D eigenvalue weighted by Gasteiger charge is -2.19. The minimum Gasteiger partial charge on any atom is -0.394 e. The summed E-state index contributed by atoms with van der Waals surface area (Å²) >= 11 is 0. The molecule has 3 heteroatoms. The van der Waals surface area contributed by atoms with Crippen molar-refractivity contribution in [2.45, 2.75) is 38.8 Å². The third-order valence-electron chi connectivity index (χ3n) is 3.42. The lowest BCUT2D eigenvalue weighted by molar-refractivity contribution is 0.0105. The average Bonchev–Trinajstić information content (AvgIpc) is 3.15. The molecular weight excluding hydrogens is 216 g/mol. The highest BCUT2D eigenvalue weighted by Gasteiger charge is 2.44. The van der Waals surface area contributed by atoms with Crippen molar-refractivity contribution in [2.75, 3.05) is 6.61 Å². The van der Waals surface area contributed by atoms with E-state index in [0.29, 0.717) is 12.5 Å². The Balaban J connectivity index is 1.76. The smallest absolute Gasteiger partial charge is 0.108 e. The zero-order valence-electron chi connectivity index (χ0n) is 10.4. The molecule has 0 radical (unpaired) electrons. The first-order valence-electron chi connectivity index (χ1n) is 6.14. The molecule has 1 heterocycles. The molecule has 2 rings (SSSR count). The van der Waals surface area contributed by atoms with E-state index < -0.39 is 0 Å². The van der Waals surface area contributed by atoms with E-state index in [-0.39, 0.29) is 24.9 Å². The van der Waals surface area contributed by atoms with Gasteiger partial charge < -0.3 is 14.6 Å². The van der Waals surface area contributed by atoms with Gasteiger partial charge in [0, 0.05) is 5.92 Å². The summed E-state index contributed by atoms with van der Waals surface area (Å²) in [4.78, 5) is 0. The van der Waals surface area contributed by atoms with Gasteiger partial charge in [-0.05, 0) is 12.5 Å². The van der Waals surface area contributed by atoms with Crippen molar-refractivity contribution in [3.63, 3.8) is 0 Å². The summed E-state index contributed by atoms with van der Waals surface area (Å²) in [5.74, 6) is 0.316. The zero-order valence-corrected chi connectivity index (χ0v) is 10.4. The summed E-state index contributed by atoms with van der Waals surface area (Å²) in [5, 5.41) is 8.95. The Morgan fingerprint density at radius 3 is 2.59 bits per heavy atom. The Labute approximate surface area is 102 Å². The molecule has 3 nitrogen and oxygen atoms in total. The van der Waals surface area contributed by atoms with Crippen LogP contribution in [0.3, 0.4) is 0 Å². The van der Waals surface area contributed by atoms with Crippen LogP contribution in [0, 0.1) is 5.92 Å². The van der Waals surface area contributed by atoms with Crippen LogP contribution in [-0.4, -0.2) is 30.0 Å². The normalized spacial score (nSPS) is 26.5. The fourth-order valence-corrected chi connectivity index (χ4v) is 1.99. The van der Waals surface area contributed by atoms with Gasteiger partial charge in [-0.2, -0.15) is 0 Å². The number of aliphatic hydroxyl groups excluding tert-OH is 1. The molecule has 1 N–H and O–H groups in total. The third-order valence-corrected chi connectivity index (χ3v) is 3.42. The molecule has 0 saturated carbocycles. The Kier molecular flexibility index (Phi) is 4.15. The summed E-state index contributed by atoms with van der Waals surface area (Å²) in [6.45, 7) is 4.91. The zero-order chi connectivity index (χ0) is 12.3. The first-order chi connectivity index (χ1) is 8.22. The van der Waals surface area contributed by atoms with Crippen molar-refractivity contribution in [3.8, 4) is 0 Å². The van der Waals surface area contributed by atoms with E-state index in [1.807, 2.05) is 18.2 Å². The van der Waals surface area contributed by atoms with E-state index in [0.717, 1.165) is 0 Å². The van der Waals surface area contributed by atoms with Gasteiger partial charge in [-0.3, -0.25) is 0 Å². The molecule has 17 heavy (non-hydrogen) atoms. The van der Waals surface area contributed by atoms with Gasteiger partial charge in [-0.1, -0.05) is 37.3 Å². The van der Waals surface area contributed by atoms with E-state index >= 15 is 0 Å². The van der Waals surface area contributed by atoms with Crippen LogP contribution in [0.2, 0.25) is 0 Å². The number of rotatable bonds is 6. The maximum Gasteiger partial charge on any atom is 0.108 e. The van der Waals surface area contributed by atoms with Gasteiger partial charge >= 0.3 is 0 Å². The highest BCUT2D eigenvalue weighted by molar-refractivity contribution is 5.13. The molecule has 4 atom stereocenters. The standard InChI is InChI=1S/C14H20O3/c1-10(14-13(8-15)17-14)11(2)16-9-12-6-4-3-5-7-12/h3-7,10-11,13-15H,8-9H2,1-2H3. The molecule has 1 aliphatic rings. The Hall–Kier alpha value is -0.900. The molecule has 1 aliphatic heterocycles. The Bertz CT molecular complexity index is 339. The summed E-state index contributed by atoms with van der Waals surface area (Å²) in [5.41, 5.74) is 1.18. The Morgan fingerprint density at radius 1 is 1.29 bits per heavy atom. The number of benzene rings is 1. The molecule has 1 fully saturated rings. The van der Waals surface area contributed by atoms with Crippen LogP contribution in [0.15, 0.2) is 30.3 Å². The minimum absolute atomic E-state index is 0.0211. The monoisotopic (exact) mass is 236 g/mol. The molecule has 1 aromatic carbocycles. The SMILES string of the molecule is CC(OCc1ccccc1)C(C)C1OC1CO. The first-order valence-corrected chi connectivity index (χ1v) is 6.14. The molecule has 1 aromatic rings. The molecule has 1 saturated heterocycles. The molecule has 0 aliphatic carbocycles. The van der Waals surface area contributed by atoms with Gasteiger partial charge in [0.1, 0.15) is 6.10 Å². The van der Waals surface area contributed by atoms with Crippen molar-refractivity contribution in [1.82, 2.24) is 0 Å². The van der Waals surface area contributed by atoms with Crippen LogP contribution in [-0.2, 0) is 16.1 Å². The molecule has 94 valence electrons. The largest absolute Gasteiger partial charge is 0.394 e. The molecule has 0 aromatic heterocycles. The number of hydrogen-bond donors (Lipinski definition) is 1. The fraction of sp³-hybridized carbons (Fsp3) is 0.571. The second-order valence-electron chi connectivity index (χ2n) is 4.68. The van der Waals surface area contributed by atoms with Gasteiger partial charge in [0.05, 0.1) is 25.4 Å². The number of hydrogen-bond acceptors (Lipinski definition) is 3. The van der Waals surface area contributed by atoms with E-state index in [1.54, 1.807) is 0 Å². The van der Waals surface area contributed by atoms with Crippen LogP contribution in [0.25, 0.3) is 0 Å². The number of aliphatic hydroxyl groups is 1. The predicted octanol–water partition coefficient (Wildman–Crippen LogP) is 1.99. The maximum absolute atomic E-state index is 8.95. The lowest BCUT2D eigenvalue weighted by Crippen LogP contribution is -2.24. The van der Waals surface area contributed by atoms with Gasteiger partial charge in [-0.15, -0.1) is 0 Å². The molecule has 0 bridgehead atoms. The summed E-state index contributed by atoms with van der Waals surface area (Å²) < 4.78 is 11.2. The van der Waals surface area contributed by atoms with Gasteiger partial charge in [0.25, 0.3) is 0 Å². The summed E-state index contributed by atoms with van der Waals surface area (Å²) in [7, 11) is 0. The molecule has 0 spiro atoms. The second-order valence-corrected chi connectivity index (χ2v) is 4.68. The van der Waals surface area contributed by atoms with Gasteiger partial charge in [-0.25, -0.2) is 0 Å². The van der Waals surface area contributed by atoms with Crippen LogP contribution in [0.1, 0.15) is 19.4 Å². The summed E-state index contributed by atoms with van der Waals surface area (Å²) in [6.07, 6.45) is 0.315. The number of epoxide rings is 1. The van der Waals surface area contributed by atoms with Crippen LogP contribution in [0.5, 0.6) is 0 Å².